The van der Waals surface area contributed by atoms with E-state index in [-0.39, 0.29) is 12.6 Å². The number of carbonyl (C=O) groups is 1. The van der Waals surface area contributed by atoms with Crippen molar-refractivity contribution in [2.45, 2.75) is 91.3 Å². The van der Waals surface area contributed by atoms with E-state index in [9.17, 15) is 4.79 Å². The van der Waals surface area contributed by atoms with Gasteiger partial charge in [0.2, 0.25) is 0 Å². The maximum absolute atomic E-state index is 11.6. The fourth-order valence-corrected chi connectivity index (χ4v) is 2.33. The first-order chi connectivity index (χ1) is 10.7. The van der Waals surface area contributed by atoms with Crippen LogP contribution in [-0.2, 0) is 19.0 Å². The molecule has 0 amide bonds. The molecule has 0 N–H and O–H groups in total. The molecule has 0 fully saturated rings. The number of hydrogen-bond acceptors (Lipinski definition) is 4. The Bertz CT molecular complexity index is 237. The van der Waals surface area contributed by atoms with E-state index in [1.165, 1.54) is 44.9 Å². The molecule has 0 atom stereocenters. The Morgan fingerprint density at radius 1 is 0.773 bits per heavy atom. The minimum Gasteiger partial charge on any atom is -0.460 e. The number of esters is 1. The molecule has 0 saturated heterocycles. The van der Waals surface area contributed by atoms with Gasteiger partial charge in [0.1, 0.15) is 6.61 Å². The Hall–Kier alpha value is -0.610. The fraction of sp³-hybridized carbons (Fsp3) is 0.944. The number of unbranched alkanes of at least 4 members (excludes halogenated alkanes) is 8. The molecule has 0 aromatic heterocycles. The predicted octanol–water partition coefficient (Wildman–Crippen LogP) is 4.85. The van der Waals surface area contributed by atoms with Crippen molar-refractivity contribution in [3.05, 3.63) is 0 Å². The molecule has 22 heavy (non-hydrogen) atoms. The Labute approximate surface area is 136 Å². The molecular weight excluding hydrogens is 280 g/mol. The van der Waals surface area contributed by atoms with Gasteiger partial charge in [0.15, 0.2) is 6.29 Å². The summed E-state index contributed by atoms with van der Waals surface area (Å²) in [4.78, 5) is 11.6. The van der Waals surface area contributed by atoms with Crippen LogP contribution >= 0.6 is 0 Å². The van der Waals surface area contributed by atoms with Crippen molar-refractivity contribution in [3.8, 4) is 0 Å². The third-order valence-corrected chi connectivity index (χ3v) is 3.57. The van der Waals surface area contributed by atoms with Crippen molar-refractivity contribution in [2.24, 2.45) is 0 Å². The van der Waals surface area contributed by atoms with Crippen LogP contribution in [0.25, 0.3) is 0 Å². The summed E-state index contributed by atoms with van der Waals surface area (Å²) in [7, 11) is 0. The molecule has 0 aromatic rings. The van der Waals surface area contributed by atoms with Crippen LogP contribution in [0.2, 0.25) is 0 Å². The van der Waals surface area contributed by atoms with Gasteiger partial charge in [0, 0.05) is 19.6 Å². The van der Waals surface area contributed by atoms with E-state index in [0.29, 0.717) is 19.6 Å². The van der Waals surface area contributed by atoms with Crippen LogP contribution in [0.3, 0.4) is 0 Å². The van der Waals surface area contributed by atoms with E-state index < -0.39 is 6.29 Å². The smallest absolute Gasteiger partial charge is 0.305 e. The van der Waals surface area contributed by atoms with Crippen LogP contribution in [0.15, 0.2) is 0 Å². The minimum atomic E-state index is -0.429. The molecule has 0 unspecified atom stereocenters. The van der Waals surface area contributed by atoms with Crippen LogP contribution in [0, 0.1) is 0 Å². The maximum atomic E-state index is 11.6. The van der Waals surface area contributed by atoms with Gasteiger partial charge < -0.3 is 14.2 Å². The van der Waals surface area contributed by atoms with E-state index in [1.807, 2.05) is 13.8 Å². The van der Waals surface area contributed by atoms with E-state index >= 15 is 0 Å². The Kier molecular flexibility index (Phi) is 16.3. The summed E-state index contributed by atoms with van der Waals surface area (Å²) in [6, 6.07) is 0. The molecule has 0 aromatic carbocycles. The molecule has 132 valence electrons. The molecule has 0 aliphatic rings. The summed E-state index contributed by atoms with van der Waals surface area (Å²) in [6.45, 7) is 7.34. The van der Waals surface area contributed by atoms with Crippen molar-refractivity contribution < 1.29 is 19.0 Å². The van der Waals surface area contributed by atoms with E-state index in [2.05, 4.69) is 6.92 Å². The quantitative estimate of drug-likeness (QED) is 0.232. The van der Waals surface area contributed by atoms with Gasteiger partial charge in [-0.25, -0.2) is 0 Å². The average Bonchev–Trinajstić information content (AvgIpc) is 2.51. The summed E-state index contributed by atoms with van der Waals surface area (Å²) < 4.78 is 15.9. The van der Waals surface area contributed by atoms with Gasteiger partial charge in [-0.1, -0.05) is 58.3 Å². The SMILES string of the molecule is CCCCCCCCCCCC(=O)OCC(OCC)OCC. The summed E-state index contributed by atoms with van der Waals surface area (Å²) in [6.07, 6.45) is 11.3. The van der Waals surface area contributed by atoms with Crippen molar-refractivity contribution in [1.29, 1.82) is 0 Å². The largest absolute Gasteiger partial charge is 0.460 e. The molecule has 0 heterocycles. The van der Waals surface area contributed by atoms with Crippen LogP contribution in [-0.4, -0.2) is 32.1 Å². The van der Waals surface area contributed by atoms with E-state index in [4.69, 9.17) is 14.2 Å². The summed E-state index contributed by atoms with van der Waals surface area (Å²) in [5.74, 6) is -0.146. The van der Waals surface area contributed by atoms with E-state index in [1.54, 1.807) is 0 Å². The molecule has 0 saturated carbocycles. The molecule has 0 aliphatic heterocycles. The molecule has 4 heteroatoms. The first-order valence-corrected chi connectivity index (χ1v) is 9.13. The van der Waals surface area contributed by atoms with Crippen LogP contribution < -0.4 is 0 Å². The minimum absolute atomic E-state index is 0.146. The lowest BCUT2D eigenvalue weighted by Crippen LogP contribution is -2.25. The van der Waals surface area contributed by atoms with Crippen molar-refractivity contribution in [1.82, 2.24) is 0 Å². The molecule has 0 spiro atoms. The highest BCUT2D eigenvalue weighted by Gasteiger charge is 2.11. The second-order valence-electron chi connectivity index (χ2n) is 5.60. The Balaban J connectivity index is 3.41. The number of rotatable bonds is 16. The van der Waals surface area contributed by atoms with Gasteiger partial charge in [0.05, 0.1) is 0 Å². The van der Waals surface area contributed by atoms with Gasteiger partial charge in [-0.2, -0.15) is 0 Å². The first-order valence-electron chi connectivity index (χ1n) is 9.13. The molecule has 0 bridgehead atoms. The molecule has 0 aliphatic carbocycles. The molecule has 0 radical (unpaired) electrons. The molecule has 4 nitrogen and oxygen atoms in total. The normalized spacial score (nSPS) is 11.1. The summed E-state index contributed by atoms with van der Waals surface area (Å²) in [5.41, 5.74) is 0. The van der Waals surface area contributed by atoms with Crippen LogP contribution in [0.5, 0.6) is 0 Å². The van der Waals surface area contributed by atoms with Gasteiger partial charge in [-0.15, -0.1) is 0 Å². The number of hydrogen-bond donors (Lipinski definition) is 0. The maximum Gasteiger partial charge on any atom is 0.305 e. The highest BCUT2D eigenvalue weighted by molar-refractivity contribution is 5.69. The number of carbonyl (C=O) groups excluding carboxylic acids is 1. The van der Waals surface area contributed by atoms with Crippen molar-refractivity contribution in [3.63, 3.8) is 0 Å². The zero-order valence-electron chi connectivity index (χ0n) is 14.9. The zero-order chi connectivity index (χ0) is 16.5. The standard InChI is InChI=1S/C18H36O4/c1-4-7-8-9-10-11-12-13-14-15-17(19)22-16-18(20-5-2)21-6-3/h18H,4-16H2,1-3H3. The highest BCUT2D eigenvalue weighted by Crippen LogP contribution is 2.11. The predicted molar refractivity (Wildman–Crippen MR) is 89.8 cm³/mol. The van der Waals surface area contributed by atoms with Crippen molar-refractivity contribution >= 4 is 5.97 Å². The second-order valence-corrected chi connectivity index (χ2v) is 5.60. The van der Waals surface area contributed by atoms with Gasteiger partial charge >= 0.3 is 5.97 Å². The lowest BCUT2D eigenvalue weighted by molar-refractivity contribution is -0.179. The highest BCUT2D eigenvalue weighted by atomic mass is 16.7. The first kappa shape index (κ1) is 21.4. The lowest BCUT2D eigenvalue weighted by atomic mass is 10.1. The fourth-order valence-electron chi connectivity index (χ4n) is 2.33. The number of ether oxygens (including phenoxy) is 3. The summed E-state index contributed by atoms with van der Waals surface area (Å²) in [5, 5.41) is 0. The Morgan fingerprint density at radius 2 is 1.27 bits per heavy atom. The Morgan fingerprint density at radius 3 is 1.77 bits per heavy atom. The molecule has 0 rings (SSSR count). The summed E-state index contributed by atoms with van der Waals surface area (Å²) >= 11 is 0. The lowest BCUT2D eigenvalue weighted by Gasteiger charge is -2.16. The van der Waals surface area contributed by atoms with Crippen LogP contribution in [0.1, 0.15) is 85.0 Å². The molecular formula is C18H36O4. The topological polar surface area (TPSA) is 44.8 Å². The third kappa shape index (κ3) is 14.3. The van der Waals surface area contributed by atoms with Gasteiger partial charge in [-0.05, 0) is 20.3 Å². The van der Waals surface area contributed by atoms with Crippen LogP contribution in [0.4, 0.5) is 0 Å². The average molecular weight is 316 g/mol. The zero-order valence-corrected chi connectivity index (χ0v) is 14.9. The van der Waals surface area contributed by atoms with Crippen molar-refractivity contribution in [2.75, 3.05) is 19.8 Å². The second kappa shape index (κ2) is 16.8. The monoisotopic (exact) mass is 316 g/mol. The van der Waals surface area contributed by atoms with E-state index in [0.717, 1.165) is 12.8 Å². The third-order valence-electron chi connectivity index (χ3n) is 3.57. The van der Waals surface area contributed by atoms with Gasteiger partial charge in [0.25, 0.3) is 0 Å². The van der Waals surface area contributed by atoms with Gasteiger partial charge in [-0.3, -0.25) is 4.79 Å².